The van der Waals surface area contributed by atoms with Gasteiger partial charge in [0.05, 0.1) is 5.60 Å². The standard InChI is InChI=1S/C18H26N2O/c1-3-18(2)12-15(9-11-21-18)19-10-8-14-13-20-17-7-5-4-6-16(14)17/h4-7,13,15,19-20H,3,8-12H2,1-2H3. The summed E-state index contributed by atoms with van der Waals surface area (Å²) in [5.74, 6) is 0. The van der Waals surface area contributed by atoms with Crippen molar-refractivity contribution in [3.8, 4) is 0 Å². The van der Waals surface area contributed by atoms with E-state index in [0.29, 0.717) is 6.04 Å². The summed E-state index contributed by atoms with van der Waals surface area (Å²) < 4.78 is 5.91. The molecule has 0 amide bonds. The van der Waals surface area contributed by atoms with Crippen molar-refractivity contribution in [1.29, 1.82) is 0 Å². The third-order valence-electron chi connectivity index (χ3n) is 4.85. The zero-order valence-corrected chi connectivity index (χ0v) is 13.1. The second-order valence-corrected chi connectivity index (χ2v) is 6.41. The smallest absolute Gasteiger partial charge is 0.0666 e. The lowest BCUT2D eigenvalue weighted by molar-refractivity contribution is -0.0778. The van der Waals surface area contributed by atoms with Crippen molar-refractivity contribution in [2.45, 2.75) is 51.2 Å². The van der Waals surface area contributed by atoms with Gasteiger partial charge in [-0.25, -0.2) is 0 Å². The molecular weight excluding hydrogens is 260 g/mol. The highest BCUT2D eigenvalue weighted by Gasteiger charge is 2.31. The summed E-state index contributed by atoms with van der Waals surface area (Å²) in [5, 5.41) is 5.07. The lowest BCUT2D eigenvalue weighted by Crippen LogP contribution is -2.45. The van der Waals surface area contributed by atoms with Crippen molar-refractivity contribution in [3.63, 3.8) is 0 Å². The molecule has 1 aromatic heterocycles. The highest BCUT2D eigenvalue weighted by atomic mass is 16.5. The molecule has 2 aromatic rings. The Kier molecular flexibility index (Phi) is 4.32. The first kappa shape index (κ1) is 14.6. The predicted octanol–water partition coefficient (Wildman–Crippen LogP) is 3.65. The number of H-pyrrole nitrogens is 1. The van der Waals surface area contributed by atoms with Crippen LogP contribution in [-0.4, -0.2) is 29.8 Å². The third kappa shape index (κ3) is 3.30. The Bertz CT molecular complexity index is 592. The molecule has 1 aromatic carbocycles. The van der Waals surface area contributed by atoms with Crippen molar-refractivity contribution < 1.29 is 4.74 Å². The lowest BCUT2D eigenvalue weighted by atomic mass is 9.90. The predicted molar refractivity (Wildman–Crippen MR) is 87.7 cm³/mol. The van der Waals surface area contributed by atoms with E-state index < -0.39 is 0 Å². The first-order valence-electron chi connectivity index (χ1n) is 8.12. The van der Waals surface area contributed by atoms with E-state index in [1.165, 1.54) is 16.5 Å². The molecule has 1 fully saturated rings. The van der Waals surface area contributed by atoms with E-state index in [0.717, 1.165) is 38.8 Å². The van der Waals surface area contributed by atoms with Crippen LogP contribution in [0.1, 0.15) is 38.7 Å². The summed E-state index contributed by atoms with van der Waals surface area (Å²) in [6, 6.07) is 9.11. The van der Waals surface area contributed by atoms with Gasteiger partial charge in [0, 0.05) is 29.7 Å². The number of rotatable bonds is 5. The average Bonchev–Trinajstić information content (AvgIpc) is 2.91. The lowest BCUT2D eigenvalue weighted by Gasteiger charge is -2.38. The second-order valence-electron chi connectivity index (χ2n) is 6.41. The van der Waals surface area contributed by atoms with Gasteiger partial charge in [-0.15, -0.1) is 0 Å². The molecule has 1 saturated heterocycles. The molecule has 0 spiro atoms. The molecule has 0 aliphatic carbocycles. The van der Waals surface area contributed by atoms with Gasteiger partial charge in [0.25, 0.3) is 0 Å². The average molecular weight is 286 g/mol. The Labute approximate surface area is 127 Å². The molecule has 1 aliphatic rings. The molecule has 2 unspecified atom stereocenters. The number of aromatic nitrogens is 1. The zero-order chi connectivity index (χ0) is 14.7. The molecule has 0 radical (unpaired) electrons. The molecule has 3 heteroatoms. The summed E-state index contributed by atoms with van der Waals surface area (Å²) in [5.41, 5.74) is 2.71. The third-order valence-corrected chi connectivity index (χ3v) is 4.85. The van der Waals surface area contributed by atoms with E-state index in [1.807, 2.05) is 0 Å². The molecule has 21 heavy (non-hydrogen) atoms. The van der Waals surface area contributed by atoms with Crippen molar-refractivity contribution in [2.24, 2.45) is 0 Å². The summed E-state index contributed by atoms with van der Waals surface area (Å²) in [4.78, 5) is 3.35. The molecule has 0 saturated carbocycles. The maximum atomic E-state index is 5.91. The van der Waals surface area contributed by atoms with Crippen LogP contribution in [0.15, 0.2) is 30.5 Å². The van der Waals surface area contributed by atoms with Crippen LogP contribution < -0.4 is 5.32 Å². The first-order chi connectivity index (χ1) is 10.2. The molecule has 3 rings (SSSR count). The van der Waals surface area contributed by atoms with Gasteiger partial charge in [0.1, 0.15) is 0 Å². The van der Waals surface area contributed by atoms with Crippen LogP contribution in [0.3, 0.4) is 0 Å². The Morgan fingerprint density at radius 2 is 2.24 bits per heavy atom. The van der Waals surface area contributed by atoms with Gasteiger partial charge in [0.2, 0.25) is 0 Å². The van der Waals surface area contributed by atoms with E-state index >= 15 is 0 Å². The molecular formula is C18H26N2O. The fourth-order valence-corrected chi connectivity index (χ4v) is 3.30. The maximum Gasteiger partial charge on any atom is 0.0666 e. The molecule has 114 valence electrons. The Morgan fingerprint density at radius 3 is 3.10 bits per heavy atom. The first-order valence-corrected chi connectivity index (χ1v) is 8.12. The topological polar surface area (TPSA) is 37.0 Å². The van der Waals surface area contributed by atoms with Gasteiger partial charge in [0.15, 0.2) is 0 Å². The van der Waals surface area contributed by atoms with E-state index in [4.69, 9.17) is 4.74 Å². The Morgan fingerprint density at radius 1 is 1.38 bits per heavy atom. The molecule has 2 atom stereocenters. The van der Waals surface area contributed by atoms with E-state index in [1.54, 1.807) is 0 Å². The van der Waals surface area contributed by atoms with E-state index in [9.17, 15) is 0 Å². The largest absolute Gasteiger partial charge is 0.375 e. The van der Waals surface area contributed by atoms with Crippen LogP contribution in [0.4, 0.5) is 0 Å². The van der Waals surface area contributed by atoms with Crippen LogP contribution >= 0.6 is 0 Å². The Hall–Kier alpha value is -1.32. The van der Waals surface area contributed by atoms with E-state index in [2.05, 4.69) is 54.6 Å². The van der Waals surface area contributed by atoms with Crippen LogP contribution in [0.25, 0.3) is 10.9 Å². The fourth-order valence-electron chi connectivity index (χ4n) is 3.30. The van der Waals surface area contributed by atoms with Gasteiger partial charge in [-0.1, -0.05) is 25.1 Å². The summed E-state index contributed by atoms with van der Waals surface area (Å²) in [6.45, 7) is 6.37. The van der Waals surface area contributed by atoms with Crippen LogP contribution in [-0.2, 0) is 11.2 Å². The SMILES string of the molecule is CCC1(C)CC(NCCc2c[nH]c3ccccc23)CCO1. The molecule has 1 aliphatic heterocycles. The van der Waals surface area contributed by atoms with Crippen molar-refractivity contribution >= 4 is 10.9 Å². The molecule has 3 nitrogen and oxygen atoms in total. The highest BCUT2D eigenvalue weighted by Crippen LogP contribution is 2.27. The minimum absolute atomic E-state index is 0.0662. The van der Waals surface area contributed by atoms with Crippen LogP contribution in [0, 0.1) is 0 Å². The van der Waals surface area contributed by atoms with Gasteiger partial charge < -0.3 is 15.0 Å². The number of hydrogen-bond acceptors (Lipinski definition) is 2. The summed E-state index contributed by atoms with van der Waals surface area (Å²) >= 11 is 0. The molecule has 0 bridgehead atoms. The summed E-state index contributed by atoms with van der Waals surface area (Å²) in [7, 11) is 0. The minimum Gasteiger partial charge on any atom is -0.375 e. The Balaban J connectivity index is 1.54. The second kappa shape index (κ2) is 6.20. The number of aromatic amines is 1. The number of benzene rings is 1. The highest BCUT2D eigenvalue weighted by molar-refractivity contribution is 5.83. The monoisotopic (exact) mass is 286 g/mol. The van der Waals surface area contributed by atoms with Crippen molar-refractivity contribution in [2.75, 3.05) is 13.2 Å². The molecule has 2 N–H and O–H groups in total. The maximum absolute atomic E-state index is 5.91. The van der Waals surface area contributed by atoms with Gasteiger partial charge >= 0.3 is 0 Å². The van der Waals surface area contributed by atoms with Crippen molar-refractivity contribution in [3.05, 3.63) is 36.0 Å². The minimum atomic E-state index is 0.0662. The summed E-state index contributed by atoms with van der Waals surface area (Å²) in [6.07, 6.45) is 6.56. The number of ether oxygens (including phenoxy) is 1. The normalized spacial score (nSPS) is 26.3. The van der Waals surface area contributed by atoms with E-state index in [-0.39, 0.29) is 5.60 Å². The molecule has 2 heterocycles. The van der Waals surface area contributed by atoms with Gasteiger partial charge in [-0.05, 0) is 50.8 Å². The number of para-hydroxylation sites is 1. The quantitative estimate of drug-likeness (QED) is 0.880. The van der Waals surface area contributed by atoms with Gasteiger partial charge in [-0.2, -0.15) is 0 Å². The number of fused-ring (bicyclic) bond motifs is 1. The van der Waals surface area contributed by atoms with Crippen molar-refractivity contribution in [1.82, 2.24) is 10.3 Å². The number of nitrogens with one attached hydrogen (secondary N) is 2. The van der Waals surface area contributed by atoms with Crippen LogP contribution in [0.5, 0.6) is 0 Å². The fraction of sp³-hybridized carbons (Fsp3) is 0.556. The zero-order valence-electron chi connectivity index (χ0n) is 13.1. The number of hydrogen-bond donors (Lipinski definition) is 2. The van der Waals surface area contributed by atoms with Crippen LogP contribution in [0.2, 0.25) is 0 Å². The van der Waals surface area contributed by atoms with Gasteiger partial charge in [-0.3, -0.25) is 0 Å².